The highest BCUT2D eigenvalue weighted by atomic mass is 15.2. The Morgan fingerprint density at radius 2 is 2.07 bits per heavy atom. The molecule has 0 bridgehead atoms. The van der Waals surface area contributed by atoms with E-state index in [1.165, 1.54) is 5.56 Å². The second-order valence-electron chi connectivity index (χ2n) is 5.21. The van der Waals surface area contributed by atoms with Crippen molar-refractivity contribution in [3.63, 3.8) is 0 Å². The van der Waals surface area contributed by atoms with Crippen molar-refractivity contribution in [1.29, 1.82) is 0 Å². The fraction of sp³-hybridized carbons (Fsp3) is 0.727. The van der Waals surface area contributed by atoms with E-state index in [0.29, 0.717) is 0 Å². The van der Waals surface area contributed by atoms with Gasteiger partial charge in [-0.15, -0.1) is 0 Å². The molecular formula is C11H21N3. The van der Waals surface area contributed by atoms with Crippen molar-refractivity contribution in [3.8, 4) is 0 Å². The van der Waals surface area contributed by atoms with E-state index in [-0.39, 0.29) is 11.5 Å². The van der Waals surface area contributed by atoms with Gasteiger partial charge in [0.2, 0.25) is 0 Å². The number of nitrogens with zero attached hydrogens (tertiary/aromatic N) is 2. The van der Waals surface area contributed by atoms with Crippen molar-refractivity contribution in [3.05, 3.63) is 17.5 Å². The summed E-state index contributed by atoms with van der Waals surface area (Å²) in [6, 6.07) is 0.101. The van der Waals surface area contributed by atoms with Gasteiger partial charge in [-0.25, -0.2) is 0 Å². The quantitative estimate of drug-likeness (QED) is 0.786. The Kier molecular flexibility index (Phi) is 3.00. The van der Waals surface area contributed by atoms with Crippen molar-refractivity contribution in [2.75, 3.05) is 0 Å². The maximum absolute atomic E-state index is 6.14. The van der Waals surface area contributed by atoms with Gasteiger partial charge < -0.3 is 5.73 Å². The lowest BCUT2D eigenvalue weighted by atomic mass is 9.86. The zero-order chi connectivity index (χ0) is 10.9. The SMILES string of the molecule is Cc1nn(C)cc1C(N)CC(C)(C)C. The van der Waals surface area contributed by atoms with Crippen molar-refractivity contribution >= 4 is 0 Å². The lowest BCUT2D eigenvalue weighted by Crippen LogP contribution is -2.19. The van der Waals surface area contributed by atoms with E-state index in [2.05, 4.69) is 25.9 Å². The predicted octanol–water partition coefficient (Wildman–Crippen LogP) is 2.16. The first-order valence-corrected chi connectivity index (χ1v) is 5.05. The van der Waals surface area contributed by atoms with Crippen LogP contribution in [0.2, 0.25) is 0 Å². The molecule has 3 heteroatoms. The largest absolute Gasteiger partial charge is 0.324 e. The topological polar surface area (TPSA) is 43.8 Å². The monoisotopic (exact) mass is 195 g/mol. The van der Waals surface area contributed by atoms with Crippen LogP contribution in [-0.2, 0) is 7.05 Å². The zero-order valence-corrected chi connectivity index (χ0v) is 9.83. The molecule has 0 fully saturated rings. The summed E-state index contributed by atoms with van der Waals surface area (Å²) in [5.74, 6) is 0. The van der Waals surface area contributed by atoms with E-state index in [0.717, 1.165) is 12.1 Å². The fourth-order valence-electron chi connectivity index (χ4n) is 1.75. The highest BCUT2D eigenvalue weighted by Crippen LogP contribution is 2.28. The Morgan fingerprint density at radius 1 is 1.50 bits per heavy atom. The van der Waals surface area contributed by atoms with E-state index >= 15 is 0 Å². The minimum atomic E-state index is 0.101. The van der Waals surface area contributed by atoms with Crippen molar-refractivity contribution < 1.29 is 0 Å². The van der Waals surface area contributed by atoms with Gasteiger partial charge in [-0.1, -0.05) is 20.8 Å². The molecule has 80 valence electrons. The second-order valence-corrected chi connectivity index (χ2v) is 5.21. The van der Waals surface area contributed by atoms with Crippen LogP contribution in [0.25, 0.3) is 0 Å². The third kappa shape index (κ3) is 2.84. The predicted molar refractivity (Wildman–Crippen MR) is 58.9 cm³/mol. The Hall–Kier alpha value is -0.830. The summed E-state index contributed by atoms with van der Waals surface area (Å²) in [5.41, 5.74) is 8.62. The van der Waals surface area contributed by atoms with E-state index in [1.54, 1.807) is 0 Å². The Balaban J connectivity index is 2.79. The van der Waals surface area contributed by atoms with Crippen LogP contribution < -0.4 is 5.73 Å². The summed E-state index contributed by atoms with van der Waals surface area (Å²) in [6.45, 7) is 8.63. The molecule has 0 spiro atoms. The minimum Gasteiger partial charge on any atom is -0.324 e. The van der Waals surface area contributed by atoms with Gasteiger partial charge in [0, 0.05) is 24.8 Å². The van der Waals surface area contributed by atoms with Crippen molar-refractivity contribution in [1.82, 2.24) is 9.78 Å². The van der Waals surface area contributed by atoms with Crippen molar-refractivity contribution in [2.45, 2.75) is 40.2 Å². The van der Waals surface area contributed by atoms with Crippen LogP contribution in [0.3, 0.4) is 0 Å². The van der Waals surface area contributed by atoms with Gasteiger partial charge in [0.1, 0.15) is 0 Å². The molecular weight excluding hydrogens is 174 g/mol. The molecule has 2 N–H and O–H groups in total. The molecule has 1 atom stereocenters. The zero-order valence-electron chi connectivity index (χ0n) is 9.83. The summed E-state index contributed by atoms with van der Waals surface area (Å²) in [7, 11) is 1.93. The van der Waals surface area contributed by atoms with Crippen LogP contribution >= 0.6 is 0 Å². The van der Waals surface area contributed by atoms with Crippen LogP contribution in [0.1, 0.15) is 44.5 Å². The van der Waals surface area contributed by atoms with Gasteiger partial charge in [0.05, 0.1) is 5.69 Å². The molecule has 0 saturated carbocycles. The Labute approximate surface area is 86.3 Å². The minimum absolute atomic E-state index is 0.101. The number of hydrogen-bond acceptors (Lipinski definition) is 2. The van der Waals surface area contributed by atoms with Gasteiger partial charge in [-0.2, -0.15) is 5.10 Å². The van der Waals surface area contributed by atoms with E-state index < -0.39 is 0 Å². The standard InChI is InChI=1S/C11H21N3/c1-8-9(7-14(5)13-8)10(12)6-11(2,3)4/h7,10H,6,12H2,1-5H3. The first-order valence-electron chi connectivity index (χ1n) is 5.05. The number of rotatable bonds is 2. The molecule has 1 unspecified atom stereocenters. The van der Waals surface area contributed by atoms with Crippen LogP contribution in [0.5, 0.6) is 0 Å². The summed E-state index contributed by atoms with van der Waals surface area (Å²) in [4.78, 5) is 0. The highest BCUT2D eigenvalue weighted by molar-refractivity contribution is 5.19. The Morgan fingerprint density at radius 3 is 2.43 bits per heavy atom. The van der Waals surface area contributed by atoms with E-state index in [4.69, 9.17) is 5.73 Å². The van der Waals surface area contributed by atoms with Gasteiger partial charge in [-0.3, -0.25) is 4.68 Å². The smallest absolute Gasteiger partial charge is 0.0641 e. The van der Waals surface area contributed by atoms with Gasteiger partial charge >= 0.3 is 0 Å². The van der Waals surface area contributed by atoms with Crippen LogP contribution in [0, 0.1) is 12.3 Å². The van der Waals surface area contributed by atoms with Crippen LogP contribution in [-0.4, -0.2) is 9.78 Å². The van der Waals surface area contributed by atoms with Crippen LogP contribution in [0.15, 0.2) is 6.20 Å². The second kappa shape index (κ2) is 3.73. The normalized spacial score (nSPS) is 14.4. The van der Waals surface area contributed by atoms with E-state index in [9.17, 15) is 0 Å². The molecule has 1 rings (SSSR count). The third-order valence-corrected chi connectivity index (χ3v) is 2.28. The molecule has 0 aliphatic carbocycles. The maximum Gasteiger partial charge on any atom is 0.0641 e. The molecule has 14 heavy (non-hydrogen) atoms. The van der Waals surface area contributed by atoms with Crippen molar-refractivity contribution in [2.24, 2.45) is 18.2 Å². The number of nitrogens with two attached hydrogens (primary N) is 1. The first-order chi connectivity index (χ1) is 6.29. The number of hydrogen-bond donors (Lipinski definition) is 1. The lowest BCUT2D eigenvalue weighted by molar-refractivity contribution is 0.342. The molecule has 0 saturated heterocycles. The molecule has 0 aliphatic heterocycles. The van der Waals surface area contributed by atoms with Gasteiger partial charge in [0.15, 0.2) is 0 Å². The van der Waals surface area contributed by atoms with Crippen LogP contribution in [0.4, 0.5) is 0 Å². The average molecular weight is 195 g/mol. The molecule has 0 radical (unpaired) electrons. The number of aryl methyl sites for hydroxylation is 2. The number of aromatic nitrogens is 2. The molecule has 3 nitrogen and oxygen atoms in total. The molecule has 1 heterocycles. The van der Waals surface area contributed by atoms with E-state index in [1.807, 2.05) is 24.9 Å². The summed E-state index contributed by atoms with van der Waals surface area (Å²) >= 11 is 0. The lowest BCUT2D eigenvalue weighted by Gasteiger charge is -2.22. The summed E-state index contributed by atoms with van der Waals surface area (Å²) < 4.78 is 1.83. The summed E-state index contributed by atoms with van der Waals surface area (Å²) in [6.07, 6.45) is 3.01. The molecule has 0 amide bonds. The molecule has 0 aromatic carbocycles. The molecule has 1 aromatic heterocycles. The maximum atomic E-state index is 6.14. The van der Waals surface area contributed by atoms with Gasteiger partial charge in [-0.05, 0) is 18.8 Å². The summed E-state index contributed by atoms with van der Waals surface area (Å²) in [5, 5.41) is 4.30. The average Bonchev–Trinajstić information content (AvgIpc) is 2.26. The Bertz CT molecular complexity index is 307. The fourth-order valence-corrected chi connectivity index (χ4v) is 1.75. The highest BCUT2D eigenvalue weighted by Gasteiger charge is 2.19. The first kappa shape index (κ1) is 11.2. The third-order valence-electron chi connectivity index (χ3n) is 2.28. The molecule has 1 aromatic rings. The molecule has 0 aliphatic rings. The van der Waals surface area contributed by atoms with Gasteiger partial charge in [0.25, 0.3) is 0 Å².